The smallest absolute Gasteiger partial charge is 0.335 e. The number of carbonyl (C=O) groups excluding carboxylic acids is 1. The molecule has 0 aromatic carbocycles. The van der Waals surface area contributed by atoms with Gasteiger partial charge < -0.3 is 25.5 Å². The normalized spacial score (nSPS) is 17.0. The molecule has 0 bridgehead atoms. The van der Waals surface area contributed by atoms with Crippen LogP contribution in [0.25, 0.3) is 0 Å². The Morgan fingerprint density at radius 1 is 0.810 bits per heavy atom. The number of hydrogen-bond donors (Lipinski definition) is 5. The van der Waals surface area contributed by atoms with E-state index in [9.17, 15) is 24.9 Å². The number of carboxylic acid groups (broad SMARTS) is 1. The molecule has 5 N–H and O–H groups in total. The zero-order chi connectivity index (χ0) is 16.4. The van der Waals surface area contributed by atoms with Crippen LogP contribution in [0.2, 0.25) is 0 Å². The Bertz CT molecular complexity index is 318. The molecular weight excluding hydrogens is 280 g/mol. The molecule has 0 rings (SSSR count). The summed E-state index contributed by atoms with van der Waals surface area (Å²) in [6.45, 7) is 2.10. The van der Waals surface area contributed by atoms with Crippen LogP contribution in [-0.2, 0) is 9.59 Å². The summed E-state index contributed by atoms with van der Waals surface area (Å²) in [6.07, 6.45) is -2.54. The molecule has 0 saturated heterocycles. The summed E-state index contributed by atoms with van der Waals surface area (Å²) >= 11 is 0. The van der Waals surface area contributed by atoms with Gasteiger partial charge in [0.25, 0.3) is 0 Å². The summed E-state index contributed by atoms with van der Waals surface area (Å²) in [5.74, 6) is -2.41. The Hall–Kier alpha value is -1.02. The van der Waals surface area contributed by atoms with Crippen molar-refractivity contribution in [2.45, 2.75) is 76.3 Å². The van der Waals surface area contributed by atoms with Crippen molar-refractivity contribution >= 4 is 11.8 Å². The number of aliphatic carboxylic acids is 1. The number of carbonyl (C=O) groups is 2. The fraction of sp³-hybridized carbons (Fsp3) is 0.857. The second-order valence-electron chi connectivity index (χ2n) is 5.19. The van der Waals surface area contributed by atoms with E-state index in [0.29, 0.717) is 6.42 Å². The minimum absolute atomic E-state index is 0.0419. The molecular formula is C14H26O7. The van der Waals surface area contributed by atoms with Gasteiger partial charge in [-0.3, -0.25) is 4.79 Å². The molecule has 4 atom stereocenters. The van der Waals surface area contributed by atoms with Crippen molar-refractivity contribution in [2.24, 2.45) is 0 Å². The number of unbranched alkanes of at least 4 members (excludes halogenated alkanes) is 5. The molecule has 0 spiro atoms. The number of hydrogen-bond acceptors (Lipinski definition) is 6. The zero-order valence-electron chi connectivity index (χ0n) is 12.3. The first-order valence-electron chi connectivity index (χ1n) is 7.30. The van der Waals surface area contributed by atoms with Crippen LogP contribution in [0.4, 0.5) is 0 Å². The Kier molecular flexibility index (Phi) is 10.2. The third-order valence-electron chi connectivity index (χ3n) is 3.36. The molecule has 0 unspecified atom stereocenters. The van der Waals surface area contributed by atoms with Crippen molar-refractivity contribution in [1.29, 1.82) is 0 Å². The SMILES string of the molecule is CCCCCCCCC(=O)[C@H](O)[C@@H](O)[C@H](O)[C@H](O)C(=O)O. The van der Waals surface area contributed by atoms with E-state index in [-0.39, 0.29) is 6.42 Å². The van der Waals surface area contributed by atoms with E-state index >= 15 is 0 Å². The van der Waals surface area contributed by atoms with Crippen LogP contribution >= 0.6 is 0 Å². The summed E-state index contributed by atoms with van der Waals surface area (Å²) in [6, 6.07) is 0. The number of rotatable bonds is 12. The van der Waals surface area contributed by atoms with Crippen LogP contribution in [0.1, 0.15) is 51.9 Å². The molecule has 0 fully saturated rings. The number of Topliss-reactive ketones (excluding diaryl/α,β-unsaturated/α-hetero) is 1. The van der Waals surface area contributed by atoms with E-state index in [0.717, 1.165) is 32.1 Å². The Labute approximate surface area is 124 Å². The largest absolute Gasteiger partial charge is 0.479 e. The number of carboxylic acids is 1. The molecule has 0 heterocycles. The van der Waals surface area contributed by atoms with Gasteiger partial charge in [0, 0.05) is 6.42 Å². The molecule has 0 saturated carbocycles. The molecule has 0 aromatic heterocycles. The molecule has 0 aromatic rings. The van der Waals surface area contributed by atoms with Crippen molar-refractivity contribution in [3.8, 4) is 0 Å². The molecule has 21 heavy (non-hydrogen) atoms. The van der Waals surface area contributed by atoms with Gasteiger partial charge in [0.1, 0.15) is 18.3 Å². The van der Waals surface area contributed by atoms with Gasteiger partial charge in [-0.1, -0.05) is 39.0 Å². The lowest BCUT2D eigenvalue weighted by Crippen LogP contribution is -2.50. The molecule has 0 aliphatic carbocycles. The van der Waals surface area contributed by atoms with Gasteiger partial charge in [-0.25, -0.2) is 4.79 Å². The quantitative estimate of drug-likeness (QED) is 0.316. The zero-order valence-corrected chi connectivity index (χ0v) is 12.3. The second kappa shape index (κ2) is 10.7. The predicted octanol–water partition coefficient (Wildman–Crippen LogP) is -0.166. The minimum Gasteiger partial charge on any atom is -0.479 e. The Morgan fingerprint density at radius 3 is 1.81 bits per heavy atom. The van der Waals surface area contributed by atoms with Crippen LogP contribution in [0.3, 0.4) is 0 Å². The maximum atomic E-state index is 11.6. The molecule has 0 aliphatic rings. The van der Waals surface area contributed by atoms with Crippen molar-refractivity contribution in [2.75, 3.05) is 0 Å². The molecule has 0 amide bonds. The van der Waals surface area contributed by atoms with Crippen molar-refractivity contribution in [3.05, 3.63) is 0 Å². The monoisotopic (exact) mass is 306 g/mol. The van der Waals surface area contributed by atoms with Gasteiger partial charge in [0.05, 0.1) is 0 Å². The predicted molar refractivity (Wildman–Crippen MR) is 74.7 cm³/mol. The summed E-state index contributed by atoms with van der Waals surface area (Å²) in [5.41, 5.74) is 0. The average Bonchev–Trinajstić information content (AvgIpc) is 2.47. The average molecular weight is 306 g/mol. The van der Waals surface area contributed by atoms with Gasteiger partial charge >= 0.3 is 5.97 Å². The lowest BCUT2D eigenvalue weighted by molar-refractivity contribution is -0.165. The molecule has 7 nitrogen and oxygen atoms in total. The minimum atomic E-state index is -2.25. The lowest BCUT2D eigenvalue weighted by Gasteiger charge is -2.23. The Balaban J connectivity index is 4.10. The van der Waals surface area contributed by atoms with E-state index < -0.39 is 36.2 Å². The van der Waals surface area contributed by atoms with Crippen LogP contribution in [0.5, 0.6) is 0 Å². The standard InChI is InChI=1S/C14H26O7/c1-2-3-4-5-6-7-8-9(15)10(16)11(17)12(18)13(19)14(20)21/h10-13,16-19H,2-8H2,1H3,(H,20,21)/t10-,11+,12-,13-/m0/s1. The maximum Gasteiger partial charge on any atom is 0.335 e. The summed E-state index contributed by atoms with van der Waals surface area (Å²) < 4.78 is 0. The van der Waals surface area contributed by atoms with Crippen molar-refractivity contribution in [1.82, 2.24) is 0 Å². The van der Waals surface area contributed by atoms with Crippen LogP contribution < -0.4 is 0 Å². The van der Waals surface area contributed by atoms with Crippen LogP contribution in [-0.4, -0.2) is 61.7 Å². The summed E-state index contributed by atoms with van der Waals surface area (Å²) in [7, 11) is 0. The fourth-order valence-corrected chi connectivity index (χ4v) is 1.94. The van der Waals surface area contributed by atoms with Gasteiger partial charge in [0.2, 0.25) is 0 Å². The van der Waals surface area contributed by atoms with Crippen LogP contribution in [0, 0.1) is 0 Å². The highest BCUT2D eigenvalue weighted by Crippen LogP contribution is 2.12. The maximum absolute atomic E-state index is 11.6. The third-order valence-corrected chi connectivity index (χ3v) is 3.36. The fourth-order valence-electron chi connectivity index (χ4n) is 1.94. The highest BCUT2D eigenvalue weighted by atomic mass is 16.4. The summed E-state index contributed by atoms with van der Waals surface area (Å²) in [5, 5.41) is 46.0. The van der Waals surface area contributed by atoms with Gasteiger partial charge in [-0.05, 0) is 6.42 Å². The van der Waals surface area contributed by atoms with Crippen molar-refractivity contribution < 1.29 is 35.1 Å². The highest BCUT2D eigenvalue weighted by Gasteiger charge is 2.36. The number of aliphatic hydroxyl groups is 4. The molecule has 7 heteroatoms. The number of aliphatic hydroxyl groups excluding tert-OH is 4. The van der Waals surface area contributed by atoms with E-state index in [2.05, 4.69) is 6.92 Å². The highest BCUT2D eigenvalue weighted by molar-refractivity contribution is 5.83. The van der Waals surface area contributed by atoms with Gasteiger partial charge in [-0.15, -0.1) is 0 Å². The van der Waals surface area contributed by atoms with Gasteiger partial charge in [-0.2, -0.15) is 0 Å². The van der Waals surface area contributed by atoms with E-state index in [4.69, 9.17) is 10.2 Å². The molecule has 124 valence electrons. The van der Waals surface area contributed by atoms with E-state index in [1.165, 1.54) is 0 Å². The molecule has 0 radical (unpaired) electrons. The first kappa shape index (κ1) is 20.0. The number of ketones is 1. The first-order chi connectivity index (χ1) is 9.82. The summed E-state index contributed by atoms with van der Waals surface area (Å²) in [4.78, 5) is 22.1. The van der Waals surface area contributed by atoms with Crippen LogP contribution in [0.15, 0.2) is 0 Å². The van der Waals surface area contributed by atoms with Crippen molar-refractivity contribution in [3.63, 3.8) is 0 Å². The van der Waals surface area contributed by atoms with E-state index in [1.54, 1.807) is 0 Å². The molecule has 0 aliphatic heterocycles. The lowest BCUT2D eigenvalue weighted by atomic mass is 9.97. The second-order valence-corrected chi connectivity index (χ2v) is 5.19. The Morgan fingerprint density at radius 2 is 1.29 bits per heavy atom. The van der Waals surface area contributed by atoms with E-state index in [1.807, 2.05) is 0 Å². The topological polar surface area (TPSA) is 135 Å². The third kappa shape index (κ3) is 7.52. The van der Waals surface area contributed by atoms with Gasteiger partial charge in [0.15, 0.2) is 11.9 Å². The first-order valence-corrected chi connectivity index (χ1v) is 7.30.